The van der Waals surface area contributed by atoms with Crippen LogP contribution in [0.2, 0.25) is 0 Å². The van der Waals surface area contributed by atoms with Crippen molar-refractivity contribution in [1.29, 1.82) is 0 Å². The van der Waals surface area contributed by atoms with Crippen LogP contribution in [0.3, 0.4) is 0 Å². The highest BCUT2D eigenvalue weighted by molar-refractivity contribution is 6.20. The molecule has 0 aliphatic rings. The van der Waals surface area contributed by atoms with E-state index in [1.165, 1.54) is 121 Å². The molecule has 0 spiro atoms. The minimum Gasteiger partial charge on any atom is -0.456 e. The van der Waals surface area contributed by atoms with Gasteiger partial charge in [0.25, 0.3) is 0 Å². The van der Waals surface area contributed by atoms with E-state index in [0.717, 1.165) is 99.6 Å². The molecule has 16 aromatic carbocycles. The van der Waals surface area contributed by atoms with Crippen LogP contribution in [0, 0.1) is 6.92 Å². The van der Waals surface area contributed by atoms with E-state index in [1.807, 2.05) is 48.5 Å². The minimum atomic E-state index is -0.406. The number of nitrogens with zero attached hydrogens (tertiary/aromatic N) is 1. The number of hydrogen-bond acceptors (Lipinski definition) is 4. The van der Waals surface area contributed by atoms with Crippen molar-refractivity contribution < 1.29 is 30.0 Å². The Bertz CT molecular complexity index is 9130. The van der Waals surface area contributed by atoms with E-state index in [1.54, 1.807) is 6.92 Å². The largest absolute Gasteiger partial charge is 0.456 e. The molecule has 0 aliphatic heterocycles. The maximum absolute atomic E-state index is 8.94. The Morgan fingerprint density at radius 1 is 0.200 bits per heavy atom. The SMILES string of the molecule is CC(C)(C)c1cc(-c2cccc3oc4ccc(-c5ccccc5)c(C(C)(C)C)c4c23)cc(C(C)(C)C)c1.CC(C)(C)c1cc(-c2cccc3oc4cccc(C(C)(C)C)c4c23)cc(C(C)(C)C)c1.[2H]c1c([2H])c(C)c([2H])c(-c2ccc3oc4cccc(-c5cc(C(C)(C)C)cc(C(C)(C)C)c5)c4c3c2C(C)(C)C)c1[2H].[2H]c1c([2H])c([2H])c(-c2cccc3oc4ccc(-n5c6ccc(C(C)(C)C)cc6c6cc(C(C)(C)C)ccc65)c(C(C)(C)C)c4c23)c([2H])c1[2H]. The summed E-state index contributed by atoms with van der Waals surface area (Å²) in [7, 11) is 0. The third-order valence-electron chi connectivity index (χ3n) is 30.1. The van der Waals surface area contributed by atoms with E-state index in [2.05, 4.69) is 454 Å². The van der Waals surface area contributed by atoms with Crippen molar-refractivity contribution in [2.24, 2.45) is 0 Å². The van der Waals surface area contributed by atoms with Gasteiger partial charge in [-0.3, -0.25) is 0 Å². The van der Waals surface area contributed by atoms with Crippen LogP contribution in [0.1, 0.15) is 334 Å². The van der Waals surface area contributed by atoms with E-state index in [-0.39, 0.29) is 119 Å². The lowest BCUT2D eigenvalue weighted by Crippen LogP contribution is -2.16. The Morgan fingerprint density at radius 3 is 0.840 bits per heavy atom. The first-order valence-corrected chi connectivity index (χ1v) is 53.8. The molecule has 5 heterocycles. The second kappa shape index (κ2) is 38.2. The smallest absolute Gasteiger partial charge is 0.136 e. The molecule has 0 fully saturated rings. The number of fused-ring (bicyclic) bond motifs is 15. The van der Waals surface area contributed by atoms with Crippen LogP contribution < -0.4 is 0 Å². The lowest BCUT2D eigenvalue weighted by Gasteiger charge is -2.27. The van der Waals surface area contributed by atoms with Gasteiger partial charge in [0.05, 0.1) is 29.1 Å². The molecule has 0 saturated heterocycles. The molecular weight excluding hydrogens is 1820 g/mol. The summed E-state index contributed by atoms with van der Waals surface area (Å²) in [4.78, 5) is 0. The van der Waals surface area contributed by atoms with Crippen molar-refractivity contribution in [3.8, 4) is 72.4 Å². The topological polar surface area (TPSA) is 57.5 Å². The average molecular weight is 1990 g/mol. The standard InChI is InChI=1S/C42H43NO.C37H42O.C36H40O.C30H36O/c1-40(2,3)27-18-20-32-30(24-27)31-25-28(41(4,5)6)19-21-33(31)43(32)34-22-23-36-38(39(34)42(7,8)9)37-29(16-13-17-35(37)44-36)26-14-11-10-12-15-26;1-23-13-11-14-24(19-23)29-17-18-31-33(34(29)37(8,9)10)32-28(15-12-16-30(32)38-31)25-20-26(35(2,3)4)22-27(21-25)36(5,6)7;1-34(2,3)25-20-24(21-26(22-25)35(4,5)6)27-16-13-17-29-31(27)32-30(37-29)19-18-28(33(32)36(7,8)9)23-14-11-10-12-15-23;1-28(2,3)20-16-19(17-21(18-20)29(4,5)6)22-12-10-14-24-26(22)27-23(30(7,8)9)13-11-15-25(27)31-24/h10-25H,1-9H3;11-22H,1-10H3;10-22H,1-9H3;10-18H,1-9H3/i10D,11D,12D,14D,15D;11D,13D,14D,19D;;. The van der Waals surface area contributed by atoms with Gasteiger partial charge < -0.3 is 22.2 Å². The quantitative estimate of drug-likeness (QED) is 0.160. The van der Waals surface area contributed by atoms with Crippen LogP contribution in [0.5, 0.6) is 0 Å². The van der Waals surface area contributed by atoms with E-state index in [9.17, 15) is 0 Å². The molecule has 0 saturated carbocycles. The zero-order valence-corrected chi connectivity index (χ0v) is 96.3. The predicted octanol–water partition coefficient (Wildman–Crippen LogP) is 43.3. The lowest BCUT2D eigenvalue weighted by atomic mass is 9.77. The Kier molecular flexibility index (Phi) is 24.1. The van der Waals surface area contributed by atoms with Gasteiger partial charge in [0, 0.05) is 53.9 Å². The zero-order chi connectivity index (χ0) is 116. The molecule has 0 unspecified atom stereocenters. The molecule has 5 nitrogen and oxygen atoms in total. The number of rotatable bonds is 7. The van der Waals surface area contributed by atoms with Gasteiger partial charge in [0.2, 0.25) is 0 Å². The first-order valence-electron chi connectivity index (χ1n) is 58.3. The zero-order valence-electron chi connectivity index (χ0n) is 105. The molecule has 0 N–H and O–H groups in total. The Morgan fingerprint density at radius 2 is 0.500 bits per heavy atom. The molecular formula is C145H161NO4. The van der Waals surface area contributed by atoms with Crippen LogP contribution in [-0.4, -0.2) is 4.57 Å². The summed E-state index contributed by atoms with van der Waals surface area (Å²) in [6.07, 6.45) is 0. The van der Waals surface area contributed by atoms with Gasteiger partial charge in [-0.1, -0.05) is 479 Å². The molecule has 0 aliphatic carbocycles. The van der Waals surface area contributed by atoms with Crippen LogP contribution in [0.15, 0.2) is 321 Å². The molecule has 150 heavy (non-hydrogen) atoms. The maximum atomic E-state index is 8.94. The fraction of sp³-hybridized carbons (Fsp3) is 0.338. The maximum Gasteiger partial charge on any atom is 0.136 e. The molecule has 21 rings (SSSR count). The monoisotopic (exact) mass is 1990 g/mol. The lowest BCUT2D eigenvalue weighted by molar-refractivity contribution is 0.568. The van der Waals surface area contributed by atoms with Crippen molar-refractivity contribution in [1.82, 2.24) is 4.57 Å². The fourth-order valence-corrected chi connectivity index (χ4v) is 21.8. The third-order valence-corrected chi connectivity index (χ3v) is 30.1. The fourth-order valence-electron chi connectivity index (χ4n) is 21.8. The summed E-state index contributed by atoms with van der Waals surface area (Å²) in [5.74, 6) is 0. The molecule has 0 atom stereocenters. The van der Waals surface area contributed by atoms with Gasteiger partial charge in [0.15, 0.2) is 0 Å². The number of hydrogen-bond donors (Lipinski definition) is 0. The van der Waals surface area contributed by atoms with Crippen molar-refractivity contribution >= 4 is 110 Å². The summed E-state index contributed by atoms with van der Waals surface area (Å²) in [5.41, 5.74) is 36.6. The average Bonchev–Trinajstić information content (AvgIpc) is 1.59. The van der Waals surface area contributed by atoms with E-state index < -0.39 is 6.04 Å². The second-order valence-corrected chi connectivity index (χ2v) is 54.4. The van der Waals surface area contributed by atoms with Crippen LogP contribution >= 0.6 is 0 Å². The molecule has 5 heteroatoms. The highest BCUT2D eigenvalue weighted by atomic mass is 16.3. The van der Waals surface area contributed by atoms with Gasteiger partial charge in [-0.2, -0.15) is 0 Å². The highest BCUT2D eigenvalue weighted by Crippen LogP contribution is 2.54. The molecule has 770 valence electrons. The molecule has 0 amide bonds. The number of aromatic nitrogens is 1. The molecule has 0 bridgehead atoms. The van der Waals surface area contributed by atoms with Crippen molar-refractivity contribution in [3.63, 3.8) is 0 Å². The normalized spacial score (nSPS) is 13.9. The van der Waals surface area contributed by atoms with Crippen LogP contribution in [0.25, 0.3) is 182 Å². The Hall–Kier alpha value is -13.5. The van der Waals surface area contributed by atoms with Crippen LogP contribution in [-0.2, 0) is 65.0 Å². The molecule has 5 aromatic heterocycles. The predicted molar refractivity (Wildman–Crippen MR) is 651 cm³/mol. The Labute approximate surface area is 907 Å². The highest BCUT2D eigenvalue weighted by Gasteiger charge is 2.36. The van der Waals surface area contributed by atoms with Gasteiger partial charge in [-0.15, -0.1) is 0 Å². The van der Waals surface area contributed by atoms with E-state index in [4.69, 9.17) is 30.0 Å². The summed E-state index contributed by atoms with van der Waals surface area (Å²) in [6, 6.07) is 87.6. The first-order chi connectivity index (χ1) is 73.6. The van der Waals surface area contributed by atoms with Crippen molar-refractivity contribution in [2.75, 3.05) is 0 Å². The second-order valence-electron chi connectivity index (χ2n) is 54.4. The Balaban J connectivity index is 0.000000138. The first kappa shape index (κ1) is 94.9. The van der Waals surface area contributed by atoms with E-state index in [0.29, 0.717) is 27.9 Å². The summed E-state index contributed by atoms with van der Waals surface area (Å²) in [5, 5.41) is 10.9. The van der Waals surface area contributed by atoms with Gasteiger partial charge in [-0.05, 0) is 284 Å². The number of furan rings is 4. The van der Waals surface area contributed by atoms with Crippen molar-refractivity contribution in [2.45, 2.75) is 321 Å². The van der Waals surface area contributed by atoms with Crippen LogP contribution in [0.4, 0.5) is 0 Å². The van der Waals surface area contributed by atoms with Gasteiger partial charge in [-0.25, -0.2) is 0 Å². The summed E-state index contributed by atoms with van der Waals surface area (Å²) in [6.45, 7) is 83.0. The summed E-state index contributed by atoms with van der Waals surface area (Å²) >= 11 is 0. The minimum absolute atomic E-state index is 0.0186. The molecule has 21 aromatic rings. The van der Waals surface area contributed by atoms with Gasteiger partial charge >= 0.3 is 0 Å². The molecule has 0 radical (unpaired) electrons. The number of benzene rings is 16. The van der Waals surface area contributed by atoms with Gasteiger partial charge in [0.1, 0.15) is 44.7 Å². The van der Waals surface area contributed by atoms with Crippen molar-refractivity contribution in [3.05, 3.63) is 375 Å². The summed E-state index contributed by atoms with van der Waals surface area (Å²) < 4.78 is 105. The third kappa shape index (κ3) is 20.8. The van der Waals surface area contributed by atoms with E-state index >= 15 is 0 Å².